The van der Waals surface area contributed by atoms with Crippen molar-refractivity contribution in [3.8, 4) is 22.5 Å². The van der Waals surface area contributed by atoms with E-state index in [1.165, 1.54) is 18.4 Å². The smallest absolute Gasteiger partial charge is 0.247 e. The molecule has 0 bridgehead atoms. The Labute approximate surface area is 292 Å². The van der Waals surface area contributed by atoms with Crippen molar-refractivity contribution in [2.24, 2.45) is 17.6 Å². The van der Waals surface area contributed by atoms with Crippen LogP contribution < -0.4 is 16.4 Å². The van der Waals surface area contributed by atoms with Gasteiger partial charge in [0.05, 0.1) is 4.90 Å². The van der Waals surface area contributed by atoms with Gasteiger partial charge in [-0.1, -0.05) is 30.3 Å². The zero-order valence-electron chi connectivity index (χ0n) is 27.1. The lowest BCUT2D eigenvalue weighted by molar-refractivity contribution is -0.130. The maximum atomic E-state index is 13.7. The molecule has 11 nitrogen and oxygen atoms in total. The van der Waals surface area contributed by atoms with Crippen molar-refractivity contribution in [3.05, 3.63) is 83.1 Å². The van der Waals surface area contributed by atoms with Crippen LogP contribution in [0.15, 0.2) is 71.6 Å². The number of hydrogen-bond acceptors (Lipinski definition) is 7. The first-order valence-corrected chi connectivity index (χ1v) is 17.4. The fraction of sp³-hybridized carbons (Fsp3) is 0.353. The molecule has 4 aromatic rings. The summed E-state index contributed by atoms with van der Waals surface area (Å²) in [5.41, 5.74) is 10.6. The van der Waals surface area contributed by atoms with Gasteiger partial charge in [0.2, 0.25) is 27.1 Å². The minimum atomic E-state index is -3.60. The third-order valence-corrected chi connectivity index (χ3v) is 10.7. The summed E-state index contributed by atoms with van der Waals surface area (Å²) in [4.78, 5) is 30.1. The van der Waals surface area contributed by atoms with Gasteiger partial charge in [0.15, 0.2) is 5.82 Å². The van der Waals surface area contributed by atoms with Gasteiger partial charge in [-0.25, -0.2) is 12.7 Å². The number of H-pyrrole nitrogens is 1. The van der Waals surface area contributed by atoms with Gasteiger partial charge in [-0.15, -0.1) is 22.6 Å². The van der Waals surface area contributed by atoms with Gasteiger partial charge in [-0.3, -0.25) is 9.59 Å². The van der Waals surface area contributed by atoms with Crippen LogP contribution in [0.1, 0.15) is 36.8 Å². The summed E-state index contributed by atoms with van der Waals surface area (Å²) in [6, 6.07) is 18.9. The number of anilines is 1. The van der Waals surface area contributed by atoms with Crippen LogP contribution in [0.2, 0.25) is 5.28 Å². The summed E-state index contributed by atoms with van der Waals surface area (Å²) in [6.45, 7) is 2.55. The van der Waals surface area contributed by atoms with Crippen LogP contribution in [-0.4, -0.2) is 66.4 Å². The summed E-state index contributed by atoms with van der Waals surface area (Å²) in [5.74, 6) is 0.291. The number of sulfonamides is 1. The normalized spacial score (nSPS) is 17.0. The fourth-order valence-corrected chi connectivity index (χ4v) is 6.87. The maximum Gasteiger partial charge on any atom is 0.247 e. The number of rotatable bonds is 11. The summed E-state index contributed by atoms with van der Waals surface area (Å²) >= 11 is 5.85. The summed E-state index contributed by atoms with van der Waals surface area (Å²) in [7, 11) is -0.587. The average Bonchev–Trinajstić information content (AvgIpc) is 3.51. The molecule has 1 heterocycles. The molecule has 1 saturated carbocycles. The first-order chi connectivity index (χ1) is 22.4. The highest BCUT2D eigenvalue weighted by Crippen LogP contribution is 2.30. The molecule has 5 N–H and O–H groups in total. The highest BCUT2D eigenvalue weighted by atomic mass is 35.5. The van der Waals surface area contributed by atoms with E-state index in [-0.39, 0.29) is 46.7 Å². The van der Waals surface area contributed by atoms with E-state index in [1.807, 2.05) is 31.2 Å². The van der Waals surface area contributed by atoms with Crippen LogP contribution >= 0.6 is 24.0 Å². The molecule has 14 heteroatoms. The van der Waals surface area contributed by atoms with Crippen molar-refractivity contribution in [1.29, 1.82) is 0 Å². The molecule has 0 radical (unpaired) electrons. The first-order valence-electron chi connectivity index (χ1n) is 15.6. The lowest BCUT2D eigenvalue weighted by Crippen LogP contribution is -2.48. The number of nitrogens with two attached hydrogens (primary N) is 1. The van der Waals surface area contributed by atoms with Crippen LogP contribution in [0.4, 0.5) is 5.69 Å². The van der Waals surface area contributed by atoms with E-state index in [0.717, 1.165) is 53.5 Å². The second kappa shape index (κ2) is 16.1. The zero-order valence-corrected chi connectivity index (χ0v) is 29.5. The number of halogens is 2. The number of aromatic amines is 1. The molecule has 1 fully saturated rings. The predicted octanol–water partition coefficient (Wildman–Crippen LogP) is 5.20. The van der Waals surface area contributed by atoms with Crippen LogP contribution in [0.25, 0.3) is 22.5 Å². The maximum absolute atomic E-state index is 13.7. The lowest BCUT2D eigenvalue weighted by atomic mass is 9.81. The molecule has 5 rings (SSSR count). The topological polar surface area (TPSA) is 163 Å². The van der Waals surface area contributed by atoms with Crippen molar-refractivity contribution >= 4 is 51.5 Å². The summed E-state index contributed by atoms with van der Waals surface area (Å²) in [5, 5.41) is 13.9. The Morgan fingerprint density at radius 3 is 2.21 bits per heavy atom. The Morgan fingerprint density at radius 1 is 0.979 bits per heavy atom. The third kappa shape index (κ3) is 8.80. The number of carbonyl (C=O) groups excluding carboxylic acids is 2. The highest BCUT2D eigenvalue weighted by Gasteiger charge is 2.29. The summed E-state index contributed by atoms with van der Waals surface area (Å²) in [6.07, 6.45) is 3.54. The van der Waals surface area contributed by atoms with Crippen molar-refractivity contribution in [2.75, 3.05) is 26.0 Å². The van der Waals surface area contributed by atoms with E-state index in [9.17, 15) is 18.0 Å². The molecule has 256 valence electrons. The summed E-state index contributed by atoms with van der Waals surface area (Å²) < 4.78 is 26.7. The number of benzene rings is 3. The number of aromatic nitrogens is 3. The van der Waals surface area contributed by atoms with Crippen LogP contribution in [0.5, 0.6) is 0 Å². The molecule has 48 heavy (non-hydrogen) atoms. The Kier molecular flexibility index (Phi) is 12.4. The van der Waals surface area contributed by atoms with Gasteiger partial charge in [0.1, 0.15) is 6.04 Å². The van der Waals surface area contributed by atoms with Gasteiger partial charge >= 0.3 is 0 Å². The van der Waals surface area contributed by atoms with Gasteiger partial charge in [-0.2, -0.15) is 0 Å². The number of aryl methyl sites for hydroxylation is 1. The van der Waals surface area contributed by atoms with E-state index in [2.05, 4.69) is 25.8 Å². The van der Waals surface area contributed by atoms with E-state index in [0.29, 0.717) is 24.0 Å². The highest BCUT2D eigenvalue weighted by molar-refractivity contribution is 7.89. The number of nitrogens with zero attached hydrogens (tertiary/aromatic N) is 3. The van der Waals surface area contributed by atoms with Gasteiger partial charge < -0.3 is 21.4 Å². The molecule has 3 aromatic carbocycles. The fourth-order valence-electron chi connectivity index (χ4n) is 5.81. The Hall–Kier alpha value is -3.81. The van der Waals surface area contributed by atoms with E-state index < -0.39 is 16.1 Å². The molecule has 0 spiro atoms. The number of carbonyl (C=O) groups is 2. The van der Waals surface area contributed by atoms with Crippen molar-refractivity contribution in [3.63, 3.8) is 0 Å². The quantitative estimate of drug-likeness (QED) is 0.166. The number of amides is 2. The second-order valence-corrected chi connectivity index (χ2v) is 14.7. The molecule has 0 saturated heterocycles. The van der Waals surface area contributed by atoms with Gasteiger partial charge in [-0.05, 0) is 115 Å². The van der Waals surface area contributed by atoms with Crippen molar-refractivity contribution in [2.45, 2.75) is 50.0 Å². The van der Waals surface area contributed by atoms with Crippen LogP contribution in [0, 0.1) is 18.8 Å². The second-order valence-electron chi connectivity index (χ2n) is 12.2. The molecule has 1 aliphatic carbocycles. The molecule has 0 aliphatic heterocycles. The number of hydrogen-bond donors (Lipinski definition) is 4. The molecular formula is C34H41Cl2N7O4S. The molecule has 2 amide bonds. The van der Waals surface area contributed by atoms with Crippen LogP contribution in [-0.2, 0) is 26.0 Å². The minimum absolute atomic E-state index is 0. The Morgan fingerprint density at radius 2 is 1.62 bits per heavy atom. The predicted molar refractivity (Wildman–Crippen MR) is 190 cm³/mol. The number of nitrogens with one attached hydrogen (secondary N) is 3. The zero-order chi connectivity index (χ0) is 33.7. The lowest BCUT2D eigenvalue weighted by Gasteiger charge is -2.28. The molecular weight excluding hydrogens is 673 g/mol. The van der Waals surface area contributed by atoms with E-state index >= 15 is 0 Å². The largest absolute Gasteiger partial charge is 0.344 e. The molecule has 1 aromatic heterocycles. The standard InChI is InChI=1S/C34H40ClN7O4S.ClH/c1-21-4-17-28(47(45,46)42(2)3)19-29(21)24-9-5-22(6-10-24)18-30(38-32(43)26-11-7-23(20-36)8-12-26)33(44)37-27-15-13-25(14-16-27)31-39-34(35)41-40-31;/h4-6,9-10,13-17,19,23,26,30H,7-8,11-12,18,20,36H2,1-3H3,(H,37,44)(H,38,43)(H,39,40,41);1H/t23-,26-,30-;/m0./s1. The van der Waals surface area contributed by atoms with Gasteiger partial charge in [0.25, 0.3) is 0 Å². The van der Waals surface area contributed by atoms with E-state index in [4.69, 9.17) is 17.3 Å². The Balaban J connectivity index is 0.00000520. The van der Waals surface area contributed by atoms with Crippen LogP contribution in [0.3, 0.4) is 0 Å². The van der Waals surface area contributed by atoms with Crippen molar-refractivity contribution in [1.82, 2.24) is 24.8 Å². The Bertz CT molecular complexity index is 1820. The molecule has 1 aliphatic rings. The minimum Gasteiger partial charge on any atom is -0.344 e. The molecule has 0 unspecified atom stereocenters. The average molecular weight is 715 g/mol. The molecule has 1 atom stereocenters. The SMILES string of the molecule is Cc1ccc(S(=O)(=O)N(C)C)cc1-c1ccc(C[C@H](NC(=O)[C@H]2CC[C@H](CN)CC2)C(=O)Nc2ccc(-c3nnc(Cl)[nH]3)cc2)cc1.Cl. The third-order valence-electron chi connectivity index (χ3n) is 8.76. The van der Waals surface area contributed by atoms with E-state index in [1.54, 1.807) is 42.5 Å². The van der Waals surface area contributed by atoms with Gasteiger partial charge in [0, 0.05) is 37.7 Å². The monoisotopic (exact) mass is 713 g/mol. The van der Waals surface area contributed by atoms with Crippen molar-refractivity contribution < 1.29 is 18.0 Å². The first kappa shape index (κ1) is 37.0.